The monoisotopic (exact) mass is 580 g/mol. The largest absolute Gasteiger partial charge is 0.456 e. The second-order valence-corrected chi connectivity index (χ2v) is 11.5. The van der Waals surface area contributed by atoms with E-state index in [0.717, 1.165) is 60.1 Å². The quantitative estimate of drug-likeness (QED) is 0.285. The molecule has 10 heteroatoms. The summed E-state index contributed by atoms with van der Waals surface area (Å²) in [5.41, 5.74) is 3.87. The van der Waals surface area contributed by atoms with Crippen LogP contribution in [0.3, 0.4) is 0 Å². The Bertz CT molecular complexity index is 1470. The summed E-state index contributed by atoms with van der Waals surface area (Å²) in [5, 5.41) is 12.2. The number of hydrogen-bond donors (Lipinski definition) is 4. The van der Waals surface area contributed by atoms with E-state index in [4.69, 9.17) is 4.74 Å². The molecule has 0 bridgehead atoms. The molecule has 2 heterocycles. The highest BCUT2D eigenvalue weighted by atomic mass is 16.6. The number of carbonyl (C=O) groups is 3. The Morgan fingerprint density at radius 3 is 1.53 bits per heavy atom. The summed E-state index contributed by atoms with van der Waals surface area (Å²) >= 11 is 0. The second kappa shape index (κ2) is 12.9. The Labute approximate surface area is 251 Å². The highest BCUT2D eigenvalue weighted by molar-refractivity contribution is 6.01. The summed E-state index contributed by atoms with van der Waals surface area (Å²) in [6, 6.07) is 20.0. The minimum absolute atomic E-state index is 0.135. The lowest BCUT2D eigenvalue weighted by molar-refractivity contribution is -0.116. The Morgan fingerprint density at radius 2 is 1.16 bits per heavy atom. The molecule has 5 rings (SSSR count). The lowest BCUT2D eigenvalue weighted by atomic mass is 10.1. The number of anilines is 2. The maximum atomic E-state index is 13.0. The van der Waals surface area contributed by atoms with Gasteiger partial charge < -0.3 is 26.0 Å². The molecule has 0 spiro atoms. The first kappa shape index (κ1) is 29.5. The van der Waals surface area contributed by atoms with Crippen LogP contribution in [-0.4, -0.2) is 61.2 Å². The predicted molar refractivity (Wildman–Crippen MR) is 168 cm³/mol. The predicted octanol–water partition coefficient (Wildman–Crippen LogP) is 3.70. The smallest absolute Gasteiger partial charge is 0.338 e. The number of nitrogens with one attached hydrogen (secondary N) is 4. The third-order valence-corrected chi connectivity index (χ3v) is 6.67. The fraction of sp³-hybridized carbons (Fsp3) is 0.303. The van der Waals surface area contributed by atoms with E-state index in [1.807, 2.05) is 48.5 Å². The van der Waals surface area contributed by atoms with Gasteiger partial charge in [-0.1, -0.05) is 48.5 Å². The standard InChI is InChI=1S/C33H36N6O4/c1-33(2,3)43-32(42)25-18-26(38-28(40)16-21-4-8-23(9-5-21)30-34-12-13-35-30)20-27(19-25)39-29(41)17-22-6-10-24(11-7-22)31-36-14-15-37-31/h4-11,18-20H,12-17H2,1-3H3,(H,34,35)(H,36,37)(H,38,40)(H,39,41). The van der Waals surface area contributed by atoms with Crippen LogP contribution >= 0.6 is 0 Å². The Kier molecular flexibility index (Phi) is 8.85. The fourth-order valence-electron chi connectivity index (χ4n) is 4.75. The number of aliphatic imine (C=N–C) groups is 2. The Morgan fingerprint density at radius 1 is 0.721 bits per heavy atom. The van der Waals surface area contributed by atoms with E-state index in [1.54, 1.807) is 39.0 Å². The van der Waals surface area contributed by atoms with Gasteiger partial charge in [-0.15, -0.1) is 0 Å². The van der Waals surface area contributed by atoms with Crippen molar-refractivity contribution in [2.45, 2.75) is 39.2 Å². The van der Waals surface area contributed by atoms with Gasteiger partial charge in [0, 0.05) is 35.6 Å². The van der Waals surface area contributed by atoms with Crippen LogP contribution in [0.15, 0.2) is 76.7 Å². The molecule has 0 radical (unpaired) electrons. The molecule has 2 aliphatic heterocycles. The average molecular weight is 581 g/mol. The molecular formula is C33H36N6O4. The molecule has 0 saturated carbocycles. The summed E-state index contributed by atoms with van der Waals surface area (Å²) in [6.45, 7) is 8.50. The molecular weight excluding hydrogens is 544 g/mol. The van der Waals surface area contributed by atoms with Crippen molar-refractivity contribution in [3.8, 4) is 0 Å². The van der Waals surface area contributed by atoms with Crippen LogP contribution in [0.2, 0.25) is 0 Å². The van der Waals surface area contributed by atoms with E-state index in [2.05, 4.69) is 31.3 Å². The van der Waals surface area contributed by atoms with Crippen molar-refractivity contribution < 1.29 is 19.1 Å². The maximum absolute atomic E-state index is 13.0. The van der Waals surface area contributed by atoms with Crippen molar-refractivity contribution >= 4 is 40.8 Å². The Hall–Kier alpha value is -4.99. The summed E-state index contributed by atoms with van der Waals surface area (Å²) < 4.78 is 5.55. The third-order valence-electron chi connectivity index (χ3n) is 6.67. The van der Waals surface area contributed by atoms with Gasteiger partial charge in [0.15, 0.2) is 0 Å². The molecule has 0 fully saturated rings. The van der Waals surface area contributed by atoms with E-state index in [1.165, 1.54) is 0 Å². The minimum Gasteiger partial charge on any atom is -0.456 e. The molecule has 0 aliphatic carbocycles. The zero-order chi connectivity index (χ0) is 30.4. The van der Waals surface area contributed by atoms with E-state index in [9.17, 15) is 14.4 Å². The van der Waals surface area contributed by atoms with Crippen molar-refractivity contribution in [1.29, 1.82) is 0 Å². The van der Waals surface area contributed by atoms with Crippen LogP contribution in [-0.2, 0) is 27.2 Å². The minimum atomic E-state index is -0.711. The molecule has 2 aliphatic rings. The summed E-state index contributed by atoms with van der Waals surface area (Å²) in [7, 11) is 0. The molecule has 3 aromatic rings. The topological polar surface area (TPSA) is 133 Å². The van der Waals surface area contributed by atoms with Gasteiger partial charge in [-0.2, -0.15) is 0 Å². The molecule has 10 nitrogen and oxygen atoms in total. The number of hydrogen-bond acceptors (Lipinski definition) is 8. The van der Waals surface area contributed by atoms with Gasteiger partial charge in [-0.05, 0) is 50.1 Å². The van der Waals surface area contributed by atoms with E-state index in [-0.39, 0.29) is 30.2 Å². The van der Waals surface area contributed by atoms with Crippen molar-refractivity contribution in [2.75, 3.05) is 36.8 Å². The van der Waals surface area contributed by atoms with Gasteiger partial charge in [0.2, 0.25) is 11.8 Å². The molecule has 43 heavy (non-hydrogen) atoms. The summed E-state index contributed by atoms with van der Waals surface area (Å²) in [4.78, 5) is 47.7. The lowest BCUT2D eigenvalue weighted by Crippen LogP contribution is -2.24. The Balaban J connectivity index is 1.27. The zero-order valence-electron chi connectivity index (χ0n) is 24.6. The fourth-order valence-corrected chi connectivity index (χ4v) is 4.75. The number of carbonyl (C=O) groups excluding carboxylic acids is 3. The number of esters is 1. The molecule has 0 unspecified atom stereocenters. The molecule has 2 amide bonds. The van der Waals surface area contributed by atoms with Crippen LogP contribution in [0, 0.1) is 0 Å². The number of amides is 2. The second-order valence-electron chi connectivity index (χ2n) is 11.5. The molecule has 0 aromatic heterocycles. The first-order valence-corrected chi connectivity index (χ1v) is 14.3. The van der Waals surface area contributed by atoms with Crippen LogP contribution in [0.1, 0.15) is 53.4 Å². The van der Waals surface area contributed by atoms with E-state index in [0.29, 0.717) is 11.4 Å². The number of amidine groups is 2. The van der Waals surface area contributed by atoms with Crippen molar-refractivity contribution in [3.05, 3.63) is 94.5 Å². The number of rotatable bonds is 9. The van der Waals surface area contributed by atoms with Crippen molar-refractivity contribution in [2.24, 2.45) is 9.98 Å². The van der Waals surface area contributed by atoms with E-state index < -0.39 is 11.6 Å². The number of nitrogens with zero attached hydrogens (tertiary/aromatic N) is 2. The average Bonchev–Trinajstić information content (AvgIpc) is 3.68. The first-order chi connectivity index (χ1) is 20.6. The normalized spacial score (nSPS) is 14.2. The molecule has 3 aromatic carbocycles. The SMILES string of the molecule is CC(C)(C)OC(=O)c1cc(NC(=O)Cc2ccc(C3=NCCN3)cc2)cc(NC(=O)Cc2ccc(C3=NCCN3)cc2)c1. The van der Waals surface area contributed by atoms with Gasteiger partial charge in [0.25, 0.3) is 0 Å². The van der Waals surface area contributed by atoms with E-state index >= 15 is 0 Å². The lowest BCUT2D eigenvalue weighted by Gasteiger charge is -2.20. The maximum Gasteiger partial charge on any atom is 0.338 e. The summed E-state index contributed by atoms with van der Waals surface area (Å²) in [5.74, 6) is 0.640. The molecule has 4 N–H and O–H groups in total. The summed E-state index contributed by atoms with van der Waals surface area (Å²) in [6.07, 6.45) is 0.271. The van der Waals surface area contributed by atoms with Gasteiger partial charge in [0.05, 0.1) is 31.5 Å². The van der Waals surface area contributed by atoms with Gasteiger partial charge in [-0.25, -0.2) is 4.79 Å². The number of benzene rings is 3. The van der Waals surface area contributed by atoms with Gasteiger partial charge >= 0.3 is 5.97 Å². The van der Waals surface area contributed by atoms with Gasteiger partial charge in [-0.3, -0.25) is 19.6 Å². The van der Waals surface area contributed by atoms with Crippen LogP contribution in [0.5, 0.6) is 0 Å². The first-order valence-electron chi connectivity index (χ1n) is 14.3. The highest BCUT2D eigenvalue weighted by Crippen LogP contribution is 2.23. The van der Waals surface area contributed by atoms with Crippen LogP contribution < -0.4 is 21.3 Å². The molecule has 222 valence electrons. The van der Waals surface area contributed by atoms with Crippen LogP contribution in [0.4, 0.5) is 11.4 Å². The van der Waals surface area contributed by atoms with Crippen molar-refractivity contribution in [1.82, 2.24) is 10.6 Å². The third kappa shape index (κ3) is 8.28. The zero-order valence-corrected chi connectivity index (χ0v) is 24.6. The molecule has 0 saturated heterocycles. The number of ether oxygens (including phenoxy) is 1. The van der Waals surface area contributed by atoms with Gasteiger partial charge in [0.1, 0.15) is 17.3 Å². The highest BCUT2D eigenvalue weighted by Gasteiger charge is 2.20. The van der Waals surface area contributed by atoms with Crippen molar-refractivity contribution in [3.63, 3.8) is 0 Å². The molecule has 0 atom stereocenters. The van der Waals surface area contributed by atoms with Crippen LogP contribution in [0.25, 0.3) is 0 Å².